The predicted octanol–water partition coefficient (Wildman–Crippen LogP) is 1.54. The summed E-state index contributed by atoms with van der Waals surface area (Å²) in [6, 6.07) is 7.54. The Morgan fingerprint density at radius 3 is 2.05 bits per heavy atom. The van der Waals surface area contributed by atoms with Gasteiger partial charge >= 0.3 is 7.12 Å². The van der Waals surface area contributed by atoms with Crippen LogP contribution in [0.25, 0.3) is 0 Å². The molecule has 1 fully saturated rings. The zero-order chi connectivity index (χ0) is 14.1. The standard InChI is InChI=1S/C15H17BO3/c1-14(2)15(3,4)19-16(18-14)13-9-7-12(8-10-13)6-5-11-17/h7-11H,1-4H3. The fourth-order valence-electron chi connectivity index (χ4n) is 1.82. The number of carbonyl (C=O) groups is 1. The summed E-state index contributed by atoms with van der Waals surface area (Å²) in [5.41, 5.74) is 1.07. The summed E-state index contributed by atoms with van der Waals surface area (Å²) >= 11 is 0. The molecule has 0 N–H and O–H groups in total. The quantitative estimate of drug-likeness (QED) is 0.434. The molecule has 0 aliphatic carbocycles. The molecule has 0 bridgehead atoms. The Labute approximate surface area is 114 Å². The summed E-state index contributed by atoms with van der Waals surface area (Å²) in [7, 11) is -0.363. The highest BCUT2D eigenvalue weighted by molar-refractivity contribution is 6.62. The number of aldehydes is 1. The Kier molecular flexibility index (Phi) is 3.53. The molecule has 1 aromatic carbocycles. The Morgan fingerprint density at radius 1 is 1.05 bits per heavy atom. The Hall–Kier alpha value is -1.57. The molecule has 3 nitrogen and oxygen atoms in total. The van der Waals surface area contributed by atoms with Gasteiger partial charge in [0.15, 0.2) is 6.29 Å². The minimum Gasteiger partial charge on any atom is -0.399 e. The normalized spacial score (nSPS) is 19.7. The molecule has 2 rings (SSSR count). The first-order valence-electron chi connectivity index (χ1n) is 6.26. The van der Waals surface area contributed by atoms with E-state index in [1.807, 2.05) is 52.0 Å². The summed E-state index contributed by atoms with van der Waals surface area (Å²) in [4.78, 5) is 10.2. The molecule has 1 aliphatic rings. The summed E-state index contributed by atoms with van der Waals surface area (Å²) in [6.45, 7) is 8.10. The minimum atomic E-state index is -0.363. The van der Waals surface area contributed by atoms with Crippen LogP contribution in [0.3, 0.4) is 0 Å². The third kappa shape index (κ3) is 2.73. The predicted molar refractivity (Wildman–Crippen MR) is 75.1 cm³/mol. The van der Waals surface area contributed by atoms with Crippen LogP contribution >= 0.6 is 0 Å². The van der Waals surface area contributed by atoms with Crippen molar-refractivity contribution in [2.75, 3.05) is 0 Å². The first kappa shape index (κ1) is 13.9. The highest BCUT2D eigenvalue weighted by atomic mass is 16.7. The summed E-state index contributed by atoms with van der Waals surface area (Å²) in [5.74, 6) is 5.13. The van der Waals surface area contributed by atoms with Gasteiger partial charge < -0.3 is 9.31 Å². The first-order chi connectivity index (χ1) is 8.86. The molecule has 1 aromatic rings. The zero-order valence-electron chi connectivity index (χ0n) is 11.7. The van der Waals surface area contributed by atoms with Crippen LogP contribution in [0.15, 0.2) is 24.3 Å². The van der Waals surface area contributed by atoms with E-state index in [0.29, 0.717) is 6.29 Å². The topological polar surface area (TPSA) is 35.5 Å². The van der Waals surface area contributed by atoms with Crippen LogP contribution < -0.4 is 5.46 Å². The zero-order valence-corrected chi connectivity index (χ0v) is 11.7. The lowest BCUT2D eigenvalue weighted by Gasteiger charge is -2.32. The van der Waals surface area contributed by atoms with E-state index in [2.05, 4.69) is 11.8 Å². The third-order valence-corrected chi connectivity index (χ3v) is 3.71. The van der Waals surface area contributed by atoms with Crippen LogP contribution in [-0.2, 0) is 14.1 Å². The van der Waals surface area contributed by atoms with Crippen LogP contribution in [0, 0.1) is 11.8 Å². The van der Waals surface area contributed by atoms with E-state index in [1.54, 1.807) is 0 Å². The van der Waals surface area contributed by atoms with E-state index in [4.69, 9.17) is 9.31 Å². The van der Waals surface area contributed by atoms with Crippen LogP contribution in [0.5, 0.6) is 0 Å². The van der Waals surface area contributed by atoms with Gasteiger partial charge in [0.1, 0.15) is 0 Å². The number of carbonyl (C=O) groups excluding carboxylic acids is 1. The Morgan fingerprint density at radius 2 is 1.58 bits per heavy atom. The largest absolute Gasteiger partial charge is 0.494 e. The molecule has 19 heavy (non-hydrogen) atoms. The third-order valence-electron chi connectivity index (χ3n) is 3.71. The smallest absolute Gasteiger partial charge is 0.399 e. The average molecular weight is 256 g/mol. The molecule has 98 valence electrons. The maximum atomic E-state index is 10.2. The molecule has 0 spiro atoms. The molecule has 0 saturated carbocycles. The molecule has 1 saturated heterocycles. The molecule has 0 radical (unpaired) electrons. The van der Waals surface area contributed by atoms with Gasteiger partial charge in [0, 0.05) is 5.56 Å². The molecule has 1 heterocycles. The summed E-state index contributed by atoms with van der Waals surface area (Å²) < 4.78 is 11.9. The molecule has 0 amide bonds. The van der Waals surface area contributed by atoms with Crippen molar-refractivity contribution in [3.05, 3.63) is 29.8 Å². The lowest BCUT2D eigenvalue weighted by molar-refractivity contribution is -0.103. The van der Waals surface area contributed by atoms with Crippen LogP contribution in [0.1, 0.15) is 33.3 Å². The van der Waals surface area contributed by atoms with E-state index < -0.39 is 0 Å². The SMILES string of the molecule is CC1(C)OB(c2ccc(C#CC=O)cc2)OC1(C)C. The molecule has 4 heteroatoms. The lowest BCUT2D eigenvalue weighted by Crippen LogP contribution is -2.41. The number of benzene rings is 1. The Balaban J connectivity index is 2.19. The monoisotopic (exact) mass is 256 g/mol. The second-order valence-corrected chi connectivity index (χ2v) is 5.60. The molecular formula is C15H17BO3. The van der Waals surface area contributed by atoms with Crippen molar-refractivity contribution >= 4 is 18.9 Å². The van der Waals surface area contributed by atoms with Crippen molar-refractivity contribution in [3.8, 4) is 11.8 Å². The van der Waals surface area contributed by atoms with E-state index >= 15 is 0 Å². The van der Waals surface area contributed by atoms with Gasteiger partial charge in [-0.1, -0.05) is 18.1 Å². The highest BCUT2D eigenvalue weighted by Crippen LogP contribution is 2.36. The van der Waals surface area contributed by atoms with Gasteiger partial charge in [0.05, 0.1) is 11.2 Å². The molecule has 0 atom stereocenters. The van der Waals surface area contributed by atoms with Gasteiger partial charge in [0.25, 0.3) is 0 Å². The maximum Gasteiger partial charge on any atom is 0.494 e. The number of hydrogen-bond acceptors (Lipinski definition) is 3. The second kappa shape index (κ2) is 4.84. The van der Waals surface area contributed by atoms with Crippen molar-refractivity contribution < 1.29 is 14.1 Å². The van der Waals surface area contributed by atoms with Gasteiger partial charge in [-0.15, -0.1) is 0 Å². The first-order valence-corrected chi connectivity index (χ1v) is 6.26. The second-order valence-electron chi connectivity index (χ2n) is 5.60. The van der Waals surface area contributed by atoms with E-state index in [0.717, 1.165) is 11.0 Å². The van der Waals surface area contributed by atoms with Gasteiger partial charge in [-0.05, 0) is 51.2 Å². The molecule has 1 aliphatic heterocycles. The number of hydrogen-bond donors (Lipinski definition) is 0. The van der Waals surface area contributed by atoms with Gasteiger partial charge in [-0.3, -0.25) is 4.79 Å². The van der Waals surface area contributed by atoms with Crippen LogP contribution in [0.4, 0.5) is 0 Å². The minimum absolute atomic E-state index is 0.340. The highest BCUT2D eigenvalue weighted by Gasteiger charge is 2.51. The van der Waals surface area contributed by atoms with Crippen molar-refractivity contribution in [2.45, 2.75) is 38.9 Å². The van der Waals surface area contributed by atoms with Gasteiger partial charge in [0.2, 0.25) is 0 Å². The number of rotatable bonds is 1. The van der Waals surface area contributed by atoms with Crippen molar-refractivity contribution in [2.24, 2.45) is 0 Å². The average Bonchev–Trinajstić information content (AvgIpc) is 2.56. The van der Waals surface area contributed by atoms with Crippen molar-refractivity contribution in [1.29, 1.82) is 0 Å². The van der Waals surface area contributed by atoms with Gasteiger partial charge in [-0.2, -0.15) is 0 Å². The van der Waals surface area contributed by atoms with Crippen molar-refractivity contribution in [3.63, 3.8) is 0 Å². The Bertz CT molecular complexity index is 519. The maximum absolute atomic E-state index is 10.2. The van der Waals surface area contributed by atoms with Crippen LogP contribution in [-0.4, -0.2) is 24.6 Å². The van der Waals surface area contributed by atoms with E-state index in [-0.39, 0.29) is 18.3 Å². The van der Waals surface area contributed by atoms with Crippen molar-refractivity contribution in [1.82, 2.24) is 0 Å². The summed E-state index contributed by atoms with van der Waals surface area (Å²) in [5, 5.41) is 0. The molecule has 0 unspecified atom stereocenters. The fraction of sp³-hybridized carbons (Fsp3) is 0.400. The molecular weight excluding hydrogens is 239 g/mol. The van der Waals surface area contributed by atoms with E-state index in [1.165, 1.54) is 0 Å². The fourth-order valence-corrected chi connectivity index (χ4v) is 1.82. The van der Waals surface area contributed by atoms with Gasteiger partial charge in [-0.25, -0.2) is 0 Å². The lowest BCUT2D eigenvalue weighted by atomic mass is 9.79. The van der Waals surface area contributed by atoms with E-state index in [9.17, 15) is 4.79 Å². The van der Waals surface area contributed by atoms with Crippen LogP contribution in [0.2, 0.25) is 0 Å². The summed E-state index contributed by atoms with van der Waals surface area (Å²) in [6.07, 6.45) is 0.585. The molecule has 0 aromatic heterocycles.